The second-order valence-electron chi connectivity index (χ2n) is 7.06. The molecule has 0 spiro atoms. The number of ether oxygens (including phenoxy) is 1. The second-order valence-corrected chi connectivity index (χ2v) is 7.06. The van der Waals surface area contributed by atoms with Crippen molar-refractivity contribution in [2.75, 3.05) is 17.2 Å². The number of anilines is 2. The van der Waals surface area contributed by atoms with Gasteiger partial charge < -0.3 is 20.5 Å². The molecule has 2 aromatic rings. The van der Waals surface area contributed by atoms with Crippen molar-refractivity contribution in [3.05, 3.63) is 53.6 Å². The van der Waals surface area contributed by atoms with Crippen LogP contribution in [0, 0.1) is 5.92 Å². The summed E-state index contributed by atoms with van der Waals surface area (Å²) in [7, 11) is 0. The van der Waals surface area contributed by atoms with Crippen molar-refractivity contribution in [2.24, 2.45) is 5.92 Å². The smallest absolute Gasteiger partial charge is 0.228 e. The third kappa shape index (κ3) is 4.11. The molecular weight excluding hydrogens is 344 g/mol. The number of carbonyl (C=O) groups excluding carboxylic acids is 2. The Morgan fingerprint density at radius 1 is 1.04 bits per heavy atom. The Morgan fingerprint density at radius 2 is 1.81 bits per heavy atom. The summed E-state index contributed by atoms with van der Waals surface area (Å²) >= 11 is 0. The standard InChI is InChI=1S/C21H22N2O4/c24-18-10-11-27-20-16(18)2-1-3-17(20)23-19(25)12-13-4-8-15(9-5-13)22-21(26)14-6-7-14/h1-5,8-9,14,18,24H,6-7,10-12H2,(H,22,26)(H,23,25). The molecule has 1 aliphatic carbocycles. The van der Waals surface area contributed by atoms with Crippen LogP contribution < -0.4 is 15.4 Å². The van der Waals surface area contributed by atoms with Gasteiger partial charge >= 0.3 is 0 Å². The summed E-state index contributed by atoms with van der Waals surface area (Å²) in [5, 5.41) is 15.8. The maximum absolute atomic E-state index is 12.4. The molecule has 4 rings (SSSR count). The highest BCUT2D eigenvalue weighted by molar-refractivity contribution is 5.95. The topological polar surface area (TPSA) is 87.7 Å². The van der Waals surface area contributed by atoms with Crippen LogP contribution in [0.1, 0.15) is 36.5 Å². The van der Waals surface area contributed by atoms with Gasteiger partial charge in [-0.25, -0.2) is 0 Å². The SMILES string of the molecule is O=C(Cc1ccc(NC(=O)C2CC2)cc1)Nc1cccc2c1OCCC2O. The van der Waals surface area contributed by atoms with Crippen molar-refractivity contribution >= 4 is 23.2 Å². The van der Waals surface area contributed by atoms with Gasteiger partial charge in [0.1, 0.15) is 5.75 Å². The fraction of sp³-hybridized carbons (Fsp3) is 0.333. The first-order valence-electron chi connectivity index (χ1n) is 9.23. The third-order valence-electron chi connectivity index (χ3n) is 4.85. The van der Waals surface area contributed by atoms with Gasteiger partial charge in [0.2, 0.25) is 11.8 Å². The van der Waals surface area contributed by atoms with Gasteiger partial charge in [-0.15, -0.1) is 0 Å². The number of benzene rings is 2. The van der Waals surface area contributed by atoms with Gasteiger partial charge in [0, 0.05) is 23.6 Å². The fourth-order valence-corrected chi connectivity index (χ4v) is 3.18. The van der Waals surface area contributed by atoms with E-state index in [0.717, 1.165) is 24.1 Å². The van der Waals surface area contributed by atoms with Crippen molar-refractivity contribution in [2.45, 2.75) is 31.8 Å². The van der Waals surface area contributed by atoms with Crippen molar-refractivity contribution in [3.8, 4) is 5.75 Å². The van der Waals surface area contributed by atoms with E-state index in [1.54, 1.807) is 12.1 Å². The number of aliphatic hydroxyl groups is 1. The molecule has 2 aromatic carbocycles. The first kappa shape index (κ1) is 17.5. The lowest BCUT2D eigenvalue weighted by Crippen LogP contribution is -2.19. The number of aliphatic hydroxyl groups excluding tert-OH is 1. The van der Waals surface area contributed by atoms with Crippen LogP contribution in [0.5, 0.6) is 5.75 Å². The van der Waals surface area contributed by atoms with E-state index in [9.17, 15) is 14.7 Å². The van der Waals surface area contributed by atoms with Crippen molar-refractivity contribution in [3.63, 3.8) is 0 Å². The number of fused-ring (bicyclic) bond motifs is 1. The molecule has 1 heterocycles. The van der Waals surface area contributed by atoms with E-state index in [1.807, 2.05) is 30.3 Å². The Hall–Kier alpha value is -2.86. The van der Waals surface area contributed by atoms with Crippen LogP contribution in [0.15, 0.2) is 42.5 Å². The van der Waals surface area contributed by atoms with Gasteiger partial charge in [0.15, 0.2) is 0 Å². The largest absolute Gasteiger partial charge is 0.491 e. The Balaban J connectivity index is 1.38. The van der Waals surface area contributed by atoms with Crippen molar-refractivity contribution in [1.82, 2.24) is 0 Å². The van der Waals surface area contributed by atoms with Gasteiger partial charge in [0.05, 0.1) is 24.8 Å². The highest BCUT2D eigenvalue weighted by Crippen LogP contribution is 2.37. The van der Waals surface area contributed by atoms with Crippen LogP contribution in [-0.2, 0) is 16.0 Å². The van der Waals surface area contributed by atoms with Gasteiger partial charge in [-0.3, -0.25) is 9.59 Å². The zero-order valence-corrected chi connectivity index (χ0v) is 14.9. The van der Waals surface area contributed by atoms with Crippen molar-refractivity contribution in [1.29, 1.82) is 0 Å². The van der Waals surface area contributed by atoms with E-state index in [1.165, 1.54) is 0 Å². The molecular formula is C21H22N2O4. The summed E-state index contributed by atoms with van der Waals surface area (Å²) in [6.45, 7) is 0.426. The molecule has 1 fully saturated rings. The first-order valence-corrected chi connectivity index (χ1v) is 9.23. The lowest BCUT2D eigenvalue weighted by molar-refractivity contribution is -0.117. The van der Waals surface area contributed by atoms with E-state index >= 15 is 0 Å². The average Bonchev–Trinajstić information content (AvgIpc) is 3.49. The van der Waals surface area contributed by atoms with Crippen LogP contribution in [0.4, 0.5) is 11.4 Å². The minimum Gasteiger partial charge on any atom is -0.491 e. The Kier molecular flexibility index (Phi) is 4.81. The first-order chi connectivity index (χ1) is 13.1. The molecule has 140 valence electrons. The van der Waals surface area contributed by atoms with Crippen LogP contribution >= 0.6 is 0 Å². The third-order valence-corrected chi connectivity index (χ3v) is 4.85. The monoisotopic (exact) mass is 366 g/mol. The number of hydrogen-bond acceptors (Lipinski definition) is 4. The summed E-state index contributed by atoms with van der Waals surface area (Å²) in [6.07, 6.45) is 2.13. The number of amides is 2. The number of carbonyl (C=O) groups is 2. The maximum Gasteiger partial charge on any atom is 0.228 e. The predicted octanol–water partition coefficient (Wildman–Crippen LogP) is 3.03. The Morgan fingerprint density at radius 3 is 2.56 bits per heavy atom. The molecule has 1 saturated carbocycles. The molecule has 1 aliphatic heterocycles. The highest BCUT2D eigenvalue weighted by atomic mass is 16.5. The molecule has 2 aliphatic rings. The maximum atomic E-state index is 12.4. The molecule has 6 heteroatoms. The van der Waals surface area contributed by atoms with Gasteiger partial charge in [-0.05, 0) is 36.6 Å². The lowest BCUT2D eigenvalue weighted by Gasteiger charge is -2.24. The number of hydrogen-bond donors (Lipinski definition) is 3. The molecule has 1 unspecified atom stereocenters. The second kappa shape index (κ2) is 7.40. The number of para-hydroxylation sites is 1. The summed E-state index contributed by atoms with van der Waals surface area (Å²) in [5.41, 5.74) is 2.87. The van der Waals surface area contributed by atoms with Gasteiger partial charge in [0.25, 0.3) is 0 Å². The number of rotatable bonds is 5. The minimum absolute atomic E-state index is 0.0662. The predicted molar refractivity (Wildman–Crippen MR) is 102 cm³/mol. The van der Waals surface area contributed by atoms with Crippen LogP contribution in [-0.4, -0.2) is 23.5 Å². The minimum atomic E-state index is -0.566. The van der Waals surface area contributed by atoms with E-state index in [0.29, 0.717) is 30.0 Å². The Labute approximate surface area is 157 Å². The summed E-state index contributed by atoms with van der Waals surface area (Å²) in [4.78, 5) is 24.2. The van der Waals surface area contributed by atoms with Gasteiger partial charge in [-0.1, -0.05) is 24.3 Å². The fourth-order valence-electron chi connectivity index (χ4n) is 3.18. The summed E-state index contributed by atoms with van der Waals surface area (Å²) in [6, 6.07) is 12.7. The van der Waals surface area contributed by atoms with E-state index < -0.39 is 6.10 Å². The molecule has 1 atom stereocenters. The van der Waals surface area contributed by atoms with Crippen LogP contribution in [0.3, 0.4) is 0 Å². The quantitative estimate of drug-likeness (QED) is 0.759. The zero-order valence-electron chi connectivity index (χ0n) is 14.9. The molecule has 0 radical (unpaired) electrons. The van der Waals surface area contributed by atoms with Crippen molar-refractivity contribution < 1.29 is 19.4 Å². The zero-order chi connectivity index (χ0) is 18.8. The van der Waals surface area contributed by atoms with Crippen LogP contribution in [0.25, 0.3) is 0 Å². The average molecular weight is 366 g/mol. The molecule has 6 nitrogen and oxygen atoms in total. The molecule has 0 aromatic heterocycles. The Bertz CT molecular complexity index is 859. The van der Waals surface area contributed by atoms with E-state index in [-0.39, 0.29) is 24.2 Å². The molecule has 27 heavy (non-hydrogen) atoms. The molecule has 3 N–H and O–H groups in total. The normalized spacial score (nSPS) is 18.2. The highest BCUT2D eigenvalue weighted by Gasteiger charge is 2.29. The summed E-state index contributed by atoms with van der Waals surface area (Å²) in [5.74, 6) is 0.606. The molecule has 0 saturated heterocycles. The number of nitrogens with one attached hydrogen (secondary N) is 2. The lowest BCUT2D eigenvalue weighted by atomic mass is 10.0. The van der Waals surface area contributed by atoms with Gasteiger partial charge in [-0.2, -0.15) is 0 Å². The van der Waals surface area contributed by atoms with E-state index in [4.69, 9.17) is 4.74 Å². The molecule has 0 bridgehead atoms. The molecule has 2 amide bonds. The summed E-state index contributed by atoms with van der Waals surface area (Å²) < 4.78 is 5.64. The van der Waals surface area contributed by atoms with Crippen LogP contribution in [0.2, 0.25) is 0 Å². The van der Waals surface area contributed by atoms with E-state index in [2.05, 4.69) is 10.6 Å².